The summed E-state index contributed by atoms with van der Waals surface area (Å²) in [5.74, 6) is -0.843. The highest BCUT2D eigenvalue weighted by atomic mass is 19.2. The van der Waals surface area contributed by atoms with Gasteiger partial charge in [-0.2, -0.15) is 0 Å². The van der Waals surface area contributed by atoms with Gasteiger partial charge in [-0.1, -0.05) is 6.92 Å². The van der Waals surface area contributed by atoms with E-state index in [0.717, 1.165) is 38.1 Å². The number of carbonyl (C=O) groups is 1. The third-order valence-electron chi connectivity index (χ3n) is 6.04. The average Bonchev–Trinajstić information content (AvgIpc) is 3.09. The highest BCUT2D eigenvalue weighted by molar-refractivity contribution is 5.97. The van der Waals surface area contributed by atoms with Crippen molar-refractivity contribution in [2.45, 2.75) is 25.9 Å². The van der Waals surface area contributed by atoms with E-state index >= 15 is 0 Å². The number of fused-ring (bicyclic) bond motifs is 1. The zero-order chi connectivity index (χ0) is 19.9. The molecule has 1 heterocycles. The molecule has 6 heteroatoms. The van der Waals surface area contributed by atoms with Crippen LogP contribution in [0.2, 0.25) is 0 Å². The Morgan fingerprint density at radius 3 is 2.64 bits per heavy atom. The van der Waals surface area contributed by atoms with Crippen LogP contribution in [0, 0.1) is 23.0 Å². The number of benzene rings is 2. The van der Waals surface area contributed by atoms with Gasteiger partial charge in [-0.15, -0.1) is 0 Å². The lowest BCUT2D eigenvalue weighted by molar-refractivity contribution is 0.0931. The Morgan fingerprint density at radius 1 is 1.21 bits per heavy atom. The smallest absolute Gasteiger partial charge is 0.176 e. The molecule has 1 aliphatic carbocycles. The molecule has 0 spiro atoms. The fourth-order valence-electron chi connectivity index (χ4n) is 4.64. The highest BCUT2D eigenvalue weighted by Crippen LogP contribution is 2.49. The van der Waals surface area contributed by atoms with Gasteiger partial charge in [0.05, 0.1) is 12.6 Å². The SMILES string of the molecule is C[C@@]12C[C@H](Oc3ccc(F)c(F)c3)C[C@@H]1CN(CC(=O)c1ccc(O)cc1)C2. The van der Waals surface area contributed by atoms with Crippen molar-refractivity contribution in [2.24, 2.45) is 11.3 Å². The van der Waals surface area contributed by atoms with Crippen LogP contribution >= 0.6 is 0 Å². The molecule has 0 bridgehead atoms. The van der Waals surface area contributed by atoms with Crippen LogP contribution in [-0.2, 0) is 0 Å². The second-order valence-corrected chi connectivity index (χ2v) is 8.25. The van der Waals surface area contributed by atoms with Gasteiger partial charge in [0, 0.05) is 24.7 Å². The predicted molar refractivity (Wildman–Crippen MR) is 100 cm³/mol. The molecule has 0 radical (unpaired) electrons. The quantitative estimate of drug-likeness (QED) is 0.787. The van der Waals surface area contributed by atoms with Crippen molar-refractivity contribution >= 4 is 5.78 Å². The summed E-state index contributed by atoms with van der Waals surface area (Å²) < 4.78 is 32.4. The second kappa shape index (κ2) is 7.17. The molecule has 1 saturated heterocycles. The molecule has 148 valence electrons. The van der Waals surface area contributed by atoms with Crippen LogP contribution in [-0.4, -0.2) is 41.5 Å². The summed E-state index contributed by atoms with van der Waals surface area (Å²) in [4.78, 5) is 14.7. The van der Waals surface area contributed by atoms with Gasteiger partial charge in [0.25, 0.3) is 0 Å². The maximum Gasteiger partial charge on any atom is 0.176 e. The molecular weight excluding hydrogens is 364 g/mol. The molecule has 1 N–H and O–H groups in total. The fraction of sp³-hybridized carbons (Fsp3) is 0.409. The first-order valence-corrected chi connectivity index (χ1v) is 9.49. The number of likely N-dealkylation sites (tertiary alicyclic amines) is 1. The first-order valence-electron chi connectivity index (χ1n) is 9.49. The van der Waals surface area contributed by atoms with E-state index in [2.05, 4.69) is 11.8 Å². The number of carbonyl (C=O) groups excluding carboxylic acids is 1. The monoisotopic (exact) mass is 387 g/mol. The number of phenolic OH excluding ortho intramolecular Hbond substituents is 1. The van der Waals surface area contributed by atoms with E-state index in [4.69, 9.17) is 4.74 Å². The number of Topliss-reactive ketones (excluding diaryl/α,β-unsaturated/α-hetero) is 1. The number of ether oxygens (including phenoxy) is 1. The van der Waals surface area contributed by atoms with E-state index in [0.29, 0.717) is 23.8 Å². The zero-order valence-corrected chi connectivity index (χ0v) is 15.7. The van der Waals surface area contributed by atoms with E-state index in [1.807, 2.05) is 0 Å². The van der Waals surface area contributed by atoms with Crippen LogP contribution in [0.5, 0.6) is 11.5 Å². The number of rotatable bonds is 5. The minimum Gasteiger partial charge on any atom is -0.508 e. The number of nitrogens with zero attached hydrogens (tertiary/aromatic N) is 1. The lowest BCUT2D eigenvalue weighted by Crippen LogP contribution is -2.31. The molecule has 2 aliphatic rings. The minimum absolute atomic E-state index is 0.0326. The summed E-state index contributed by atoms with van der Waals surface area (Å²) in [6, 6.07) is 9.95. The Hall–Kier alpha value is -2.47. The average molecular weight is 387 g/mol. The molecular formula is C22H23F2NO3. The summed E-state index contributed by atoms with van der Waals surface area (Å²) in [6.07, 6.45) is 1.62. The van der Waals surface area contributed by atoms with Gasteiger partial charge in [0.15, 0.2) is 17.4 Å². The molecule has 28 heavy (non-hydrogen) atoms. The van der Waals surface area contributed by atoms with Gasteiger partial charge in [-0.3, -0.25) is 9.69 Å². The maximum atomic E-state index is 13.4. The van der Waals surface area contributed by atoms with Crippen molar-refractivity contribution < 1.29 is 23.4 Å². The highest BCUT2D eigenvalue weighted by Gasteiger charge is 2.50. The second-order valence-electron chi connectivity index (χ2n) is 8.25. The zero-order valence-electron chi connectivity index (χ0n) is 15.7. The summed E-state index contributed by atoms with van der Waals surface area (Å²) in [7, 11) is 0. The Balaban J connectivity index is 1.35. The lowest BCUT2D eigenvalue weighted by atomic mass is 9.83. The van der Waals surface area contributed by atoms with Crippen molar-refractivity contribution in [3.05, 3.63) is 59.7 Å². The van der Waals surface area contributed by atoms with E-state index in [1.54, 1.807) is 12.1 Å². The summed E-state index contributed by atoms with van der Waals surface area (Å²) in [5, 5.41) is 9.35. The van der Waals surface area contributed by atoms with Crippen LogP contribution in [0.25, 0.3) is 0 Å². The first-order chi connectivity index (χ1) is 13.3. The third-order valence-corrected chi connectivity index (χ3v) is 6.04. The largest absolute Gasteiger partial charge is 0.508 e. The molecule has 3 atom stereocenters. The van der Waals surface area contributed by atoms with Crippen molar-refractivity contribution in [3.63, 3.8) is 0 Å². The topological polar surface area (TPSA) is 49.8 Å². The van der Waals surface area contributed by atoms with E-state index < -0.39 is 11.6 Å². The fourth-order valence-corrected chi connectivity index (χ4v) is 4.64. The van der Waals surface area contributed by atoms with Gasteiger partial charge in [0.2, 0.25) is 0 Å². The summed E-state index contributed by atoms with van der Waals surface area (Å²) in [5.41, 5.74) is 0.637. The van der Waals surface area contributed by atoms with E-state index in [9.17, 15) is 18.7 Å². The molecule has 4 nitrogen and oxygen atoms in total. The number of hydrogen-bond donors (Lipinski definition) is 1. The van der Waals surface area contributed by atoms with Gasteiger partial charge < -0.3 is 9.84 Å². The standard InChI is InChI=1S/C22H23F2NO3/c1-22-10-18(28-17-6-7-19(23)20(24)9-17)8-15(22)11-25(13-22)12-21(27)14-2-4-16(26)5-3-14/h2-7,9,15,18,26H,8,10-13H2,1H3/t15-,18-,22+/m1/s1. The Labute approximate surface area is 162 Å². The molecule has 1 aliphatic heterocycles. The summed E-state index contributed by atoms with van der Waals surface area (Å²) >= 11 is 0. The van der Waals surface area contributed by atoms with Gasteiger partial charge >= 0.3 is 0 Å². The van der Waals surface area contributed by atoms with Crippen molar-refractivity contribution in [3.8, 4) is 11.5 Å². The van der Waals surface area contributed by atoms with Crippen LogP contribution < -0.4 is 4.74 Å². The summed E-state index contributed by atoms with van der Waals surface area (Å²) in [6.45, 7) is 4.18. The van der Waals surface area contributed by atoms with Crippen LogP contribution in [0.3, 0.4) is 0 Å². The van der Waals surface area contributed by atoms with E-state index in [-0.39, 0.29) is 23.1 Å². The van der Waals surface area contributed by atoms with Crippen LogP contribution in [0.1, 0.15) is 30.1 Å². The Morgan fingerprint density at radius 2 is 1.96 bits per heavy atom. The normalized spacial score (nSPS) is 27.0. The van der Waals surface area contributed by atoms with E-state index in [1.165, 1.54) is 18.2 Å². The van der Waals surface area contributed by atoms with Gasteiger partial charge in [0.1, 0.15) is 11.5 Å². The molecule has 0 aromatic heterocycles. The molecule has 2 fully saturated rings. The molecule has 2 aromatic carbocycles. The molecule has 0 amide bonds. The number of hydrogen-bond acceptors (Lipinski definition) is 4. The van der Waals surface area contributed by atoms with Crippen LogP contribution in [0.4, 0.5) is 8.78 Å². The predicted octanol–water partition coefficient (Wildman–Crippen LogP) is 4.03. The number of aromatic hydroxyl groups is 1. The number of halogens is 2. The first kappa shape index (κ1) is 18.9. The van der Waals surface area contributed by atoms with Gasteiger partial charge in [-0.05, 0) is 60.6 Å². The lowest BCUT2D eigenvalue weighted by Gasteiger charge is -2.24. The van der Waals surface area contributed by atoms with Crippen molar-refractivity contribution in [1.82, 2.24) is 4.90 Å². The van der Waals surface area contributed by atoms with Crippen molar-refractivity contribution in [1.29, 1.82) is 0 Å². The van der Waals surface area contributed by atoms with Crippen molar-refractivity contribution in [2.75, 3.05) is 19.6 Å². The Bertz CT molecular complexity index is 886. The molecule has 2 aromatic rings. The van der Waals surface area contributed by atoms with Gasteiger partial charge in [-0.25, -0.2) is 8.78 Å². The molecule has 4 rings (SSSR count). The molecule has 0 unspecified atom stereocenters. The third kappa shape index (κ3) is 3.74. The number of phenols is 1. The maximum absolute atomic E-state index is 13.4. The number of ketones is 1. The molecule has 1 saturated carbocycles. The van der Waals surface area contributed by atoms with Crippen LogP contribution in [0.15, 0.2) is 42.5 Å². The Kier molecular flexibility index (Phi) is 4.83. The minimum atomic E-state index is -0.902.